The van der Waals surface area contributed by atoms with Crippen molar-refractivity contribution >= 4 is 23.2 Å². The van der Waals surface area contributed by atoms with Crippen molar-refractivity contribution in [3.63, 3.8) is 0 Å². The van der Waals surface area contributed by atoms with Crippen LogP contribution in [0.3, 0.4) is 0 Å². The summed E-state index contributed by atoms with van der Waals surface area (Å²) in [5.41, 5.74) is 3.04. The van der Waals surface area contributed by atoms with Crippen LogP contribution in [0.4, 0.5) is 11.4 Å². The number of hydrogen-bond acceptors (Lipinski definition) is 4. The Morgan fingerprint density at radius 2 is 1.58 bits per heavy atom. The largest absolute Gasteiger partial charge is 0.494 e. The zero-order chi connectivity index (χ0) is 25.6. The standard InChI is InChI=1S/C30H37N3O3/c1-3-4-5-6-10-19-36-28-18-12-17-27(21-28)32-29(34)22-31-26-16-11-15-25(20-26)30(35)33(2)23-24-13-8-7-9-14-24/h7-9,11-18,20-21,31H,3-6,10,19,22-23H2,1-2H3,(H,32,34). The topological polar surface area (TPSA) is 70.7 Å². The third-order valence-corrected chi connectivity index (χ3v) is 5.81. The van der Waals surface area contributed by atoms with Crippen LogP contribution in [0.25, 0.3) is 0 Å². The van der Waals surface area contributed by atoms with E-state index in [1.54, 1.807) is 24.1 Å². The van der Waals surface area contributed by atoms with E-state index in [2.05, 4.69) is 17.6 Å². The Balaban J connectivity index is 1.46. The number of anilines is 2. The van der Waals surface area contributed by atoms with E-state index >= 15 is 0 Å². The fourth-order valence-corrected chi connectivity index (χ4v) is 3.86. The lowest BCUT2D eigenvalue weighted by Crippen LogP contribution is -2.26. The zero-order valence-corrected chi connectivity index (χ0v) is 21.3. The predicted octanol–water partition coefficient (Wildman–Crippen LogP) is 6.36. The molecule has 3 aromatic rings. The molecule has 0 atom stereocenters. The lowest BCUT2D eigenvalue weighted by Gasteiger charge is -2.18. The first-order valence-electron chi connectivity index (χ1n) is 12.7. The Morgan fingerprint density at radius 1 is 0.833 bits per heavy atom. The average Bonchev–Trinajstić information content (AvgIpc) is 2.90. The van der Waals surface area contributed by atoms with E-state index in [0.29, 0.717) is 30.1 Å². The van der Waals surface area contributed by atoms with Gasteiger partial charge in [-0.05, 0) is 42.3 Å². The molecule has 0 aliphatic carbocycles. The van der Waals surface area contributed by atoms with Gasteiger partial charge in [0.25, 0.3) is 5.91 Å². The lowest BCUT2D eigenvalue weighted by atomic mass is 10.1. The summed E-state index contributed by atoms with van der Waals surface area (Å²) in [6.45, 7) is 3.50. The van der Waals surface area contributed by atoms with E-state index < -0.39 is 0 Å². The molecule has 6 heteroatoms. The van der Waals surface area contributed by atoms with Crippen LogP contribution in [0.5, 0.6) is 5.75 Å². The molecule has 36 heavy (non-hydrogen) atoms. The Kier molecular flexibility index (Phi) is 10.8. The molecule has 0 spiro atoms. The molecule has 0 fully saturated rings. The number of carbonyl (C=O) groups excluding carboxylic acids is 2. The number of nitrogens with zero attached hydrogens (tertiary/aromatic N) is 1. The summed E-state index contributed by atoms with van der Waals surface area (Å²) < 4.78 is 5.83. The quantitative estimate of drug-likeness (QED) is 0.260. The van der Waals surface area contributed by atoms with Gasteiger partial charge in [0.1, 0.15) is 5.75 Å². The second-order valence-electron chi connectivity index (χ2n) is 8.92. The van der Waals surface area contributed by atoms with Crippen molar-refractivity contribution in [3.8, 4) is 5.75 Å². The summed E-state index contributed by atoms with van der Waals surface area (Å²) in [7, 11) is 1.78. The van der Waals surface area contributed by atoms with Gasteiger partial charge in [-0.2, -0.15) is 0 Å². The van der Waals surface area contributed by atoms with Crippen molar-refractivity contribution < 1.29 is 14.3 Å². The van der Waals surface area contributed by atoms with Crippen molar-refractivity contribution in [2.75, 3.05) is 30.8 Å². The highest BCUT2D eigenvalue weighted by molar-refractivity contribution is 5.96. The summed E-state index contributed by atoms with van der Waals surface area (Å²) in [5.74, 6) is 0.501. The van der Waals surface area contributed by atoms with Crippen LogP contribution >= 0.6 is 0 Å². The Morgan fingerprint density at radius 3 is 2.39 bits per heavy atom. The van der Waals surface area contributed by atoms with Crippen LogP contribution < -0.4 is 15.4 Å². The van der Waals surface area contributed by atoms with Gasteiger partial charge in [0.2, 0.25) is 5.91 Å². The van der Waals surface area contributed by atoms with Gasteiger partial charge < -0.3 is 20.3 Å². The molecule has 2 amide bonds. The molecule has 0 unspecified atom stereocenters. The number of unbranched alkanes of at least 4 members (excludes halogenated alkanes) is 4. The number of benzene rings is 3. The Hall–Kier alpha value is -3.80. The molecule has 3 aromatic carbocycles. The maximum Gasteiger partial charge on any atom is 0.253 e. The van der Waals surface area contributed by atoms with Gasteiger partial charge in [-0.3, -0.25) is 9.59 Å². The molecule has 0 heterocycles. The molecule has 0 aromatic heterocycles. The summed E-state index contributed by atoms with van der Waals surface area (Å²) in [5, 5.41) is 6.00. The normalized spacial score (nSPS) is 10.5. The van der Waals surface area contributed by atoms with Gasteiger partial charge in [-0.15, -0.1) is 0 Å². The van der Waals surface area contributed by atoms with Gasteiger partial charge >= 0.3 is 0 Å². The van der Waals surface area contributed by atoms with E-state index in [4.69, 9.17) is 4.74 Å². The van der Waals surface area contributed by atoms with E-state index in [-0.39, 0.29) is 18.4 Å². The first-order valence-corrected chi connectivity index (χ1v) is 12.7. The molecular weight excluding hydrogens is 450 g/mol. The zero-order valence-electron chi connectivity index (χ0n) is 21.3. The monoisotopic (exact) mass is 487 g/mol. The van der Waals surface area contributed by atoms with Crippen LogP contribution in [-0.2, 0) is 11.3 Å². The molecule has 0 saturated heterocycles. The summed E-state index contributed by atoms with van der Waals surface area (Å²) in [6, 6.07) is 24.5. The number of nitrogens with one attached hydrogen (secondary N) is 2. The van der Waals surface area contributed by atoms with E-state index in [1.807, 2.05) is 66.7 Å². The van der Waals surface area contributed by atoms with Crippen LogP contribution in [-0.4, -0.2) is 36.9 Å². The van der Waals surface area contributed by atoms with Crippen molar-refractivity contribution in [1.29, 1.82) is 0 Å². The van der Waals surface area contributed by atoms with Crippen molar-refractivity contribution in [2.45, 2.75) is 45.6 Å². The minimum Gasteiger partial charge on any atom is -0.494 e. The highest BCUT2D eigenvalue weighted by atomic mass is 16.5. The van der Waals surface area contributed by atoms with Gasteiger partial charge in [0.15, 0.2) is 0 Å². The molecule has 0 bridgehead atoms. The fraction of sp³-hybridized carbons (Fsp3) is 0.333. The molecule has 2 N–H and O–H groups in total. The molecule has 6 nitrogen and oxygen atoms in total. The minimum atomic E-state index is -0.176. The number of hydrogen-bond donors (Lipinski definition) is 2. The van der Waals surface area contributed by atoms with Gasteiger partial charge in [0, 0.05) is 36.6 Å². The first-order chi connectivity index (χ1) is 17.5. The third-order valence-electron chi connectivity index (χ3n) is 5.81. The second-order valence-corrected chi connectivity index (χ2v) is 8.92. The number of carbonyl (C=O) groups is 2. The average molecular weight is 488 g/mol. The number of amides is 2. The van der Waals surface area contributed by atoms with Crippen molar-refractivity contribution in [1.82, 2.24) is 4.90 Å². The lowest BCUT2D eigenvalue weighted by molar-refractivity contribution is -0.114. The van der Waals surface area contributed by atoms with E-state index in [1.165, 1.54) is 25.7 Å². The molecule has 0 aliphatic heterocycles. The van der Waals surface area contributed by atoms with E-state index in [9.17, 15) is 9.59 Å². The first kappa shape index (κ1) is 26.8. The molecule has 190 valence electrons. The molecular formula is C30H37N3O3. The molecule has 0 aliphatic rings. The van der Waals surface area contributed by atoms with E-state index in [0.717, 1.165) is 17.7 Å². The molecule has 0 radical (unpaired) electrons. The number of rotatable bonds is 14. The Labute approximate surface area is 214 Å². The maximum absolute atomic E-state index is 12.9. The smallest absolute Gasteiger partial charge is 0.253 e. The highest BCUT2D eigenvalue weighted by Gasteiger charge is 2.13. The SMILES string of the molecule is CCCCCCCOc1cccc(NC(=O)CNc2cccc(C(=O)N(C)Cc3ccccc3)c2)c1. The summed E-state index contributed by atoms with van der Waals surface area (Å²) >= 11 is 0. The molecule has 0 saturated carbocycles. The fourth-order valence-electron chi connectivity index (χ4n) is 3.86. The van der Waals surface area contributed by atoms with Crippen LogP contribution in [0.1, 0.15) is 54.9 Å². The van der Waals surface area contributed by atoms with Gasteiger partial charge in [-0.25, -0.2) is 0 Å². The minimum absolute atomic E-state index is 0.0749. The third kappa shape index (κ3) is 9.10. The van der Waals surface area contributed by atoms with Crippen LogP contribution in [0, 0.1) is 0 Å². The summed E-state index contributed by atoms with van der Waals surface area (Å²) in [6.07, 6.45) is 5.94. The second kappa shape index (κ2) is 14.6. The van der Waals surface area contributed by atoms with Crippen molar-refractivity contribution in [3.05, 3.63) is 90.0 Å². The van der Waals surface area contributed by atoms with Gasteiger partial charge in [0.05, 0.1) is 13.2 Å². The Bertz CT molecular complexity index is 1100. The predicted molar refractivity (Wildman–Crippen MR) is 146 cm³/mol. The summed E-state index contributed by atoms with van der Waals surface area (Å²) in [4.78, 5) is 27.0. The van der Waals surface area contributed by atoms with Crippen LogP contribution in [0.15, 0.2) is 78.9 Å². The maximum atomic E-state index is 12.9. The highest BCUT2D eigenvalue weighted by Crippen LogP contribution is 2.18. The molecule has 3 rings (SSSR count). The number of ether oxygens (including phenoxy) is 1. The van der Waals surface area contributed by atoms with Gasteiger partial charge in [-0.1, -0.05) is 75.1 Å². The van der Waals surface area contributed by atoms with Crippen molar-refractivity contribution in [2.24, 2.45) is 0 Å². The van der Waals surface area contributed by atoms with Crippen LogP contribution in [0.2, 0.25) is 0 Å².